The van der Waals surface area contributed by atoms with Gasteiger partial charge in [0.15, 0.2) is 0 Å². The number of aryl methyl sites for hydroxylation is 1. The van der Waals surface area contributed by atoms with E-state index < -0.39 is 11.3 Å². The molecule has 0 saturated carbocycles. The van der Waals surface area contributed by atoms with Crippen molar-refractivity contribution in [1.82, 2.24) is 20.0 Å². The predicted octanol–water partition coefficient (Wildman–Crippen LogP) is 1.49. The quantitative estimate of drug-likeness (QED) is 0.632. The molecule has 1 aliphatic heterocycles. The molecule has 166 valence electrons. The minimum absolute atomic E-state index is 0.000936. The molecule has 0 bridgehead atoms. The molecule has 32 heavy (non-hydrogen) atoms. The van der Waals surface area contributed by atoms with E-state index in [0.29, 0.717) is 23.8 Å². The standard InChI is InChI=1S/C24H27N5O3/c1-2-29-19-4-3-7-26-21(19)23(30)20(24(25)31)22(29)16-6-5-15-13-18(14-17(15)12-16)27-28-8-10-32-11-9-28/h3-7,12,18,27H,2,8-11,13-14H2,1H3,(H2,25,31). The van der Waals surface area contributed by atoms with Crippen LogP contribution in [-0.4, -0.2) is 52.8 Å². The number of hydrogen-bond acceptors (Lipinski definition) is 6. The molecule has 2 aliphatic rings. The molecular formula is C24H27N5O3. The van der Waals surface area contributed by atoms with Gasteiger partial charge in [0.25, 0.3) is 5.91 Å². The number of nitrogens with zero attached hydrogens (tertiary/aromatic N) is 3. The van der Waals surface area contributed by atoms with Crippen LogP contribution in [0.1, 0.15) is 28.4 Å². The normalized spacial score (nSPS) is 18.7. The van der Waals surface area contributed by atoms with Gasteiger partial charge in [-0.25, -0.2) is 5.01 Å². The lowest BCUT2D eigenvalue weighted by atomic mass is 9.99. The number of hydrazine groups is 1. The topological polar surface area (TPSA) is 102 Å². The number of nitrogens with two attached hydrogens (primary N) is 1. The fourth-order valence-corrected chi connectivity index (χ4v) is 4.94. The largest absolute Gasteiger partial charge is 0.379 e. The van der Waals surface area contributed by atoms with Gasteiger partial charge in [0.1, 0.15) is 11.1 Å². The van der Waals surface area contributed by atoms with Gasteiger partial charge in [-0.15, -0.1) is 0 Å². The van der Waals surface area contributed by atoms with E-state index >= 15 is 0 Å². The van der Waals surface area contributed by atoms with E-state index in [0.717, 1.165) is 44.7 Å². The molecule has 8 nitrogen and oxygen atoms in total. The second kappa shape index (κ2) is 8.46. The maximum Gasteiger partial charge on any atom is 0.254 e. The van der Waals surface area contributed by atoms with E-state index in [1.165, 1.54) is 11.1 Å². The number of carbonyl (C=O) groups is 1. The van der Waals surface area contributed by atoms with Crippen LogP contribution < -0.4 is 16.6 Å². The summed E-state index contributed by atoms with van der Waals surface area (Å²) < 4.78 is 7.39. The molecule has 1 unspecified atom stereocenters. The van der Waals surface area contributed by atoms with Crippen LogP contribution in [0.15, 0.2) is 41.3 Å². The van der Waals surface area contributed by atoms with Gasteiger partial charge in [0, 0.05) is 31.9 Å². The first-order valence-electron chi connectivity index (χ1n) is 11.1. The van der Waals surface area contributed by atoms with Crippen LogP contribution in [-0.2, 0) is 24.1 Å². The van der Waals surface area contributed by atoms with E-state index in [9.17, 15) is 9.59 Å². The molecule has 1 saturated heterocycles. The Morgan fingerprint density at radius 3 is 2.75 bits per heavy atom. The van der Waals surface area contributed by atoms with E-state index in [1.807, 2.05) is 23.6 Å². The van der Waals surface area contributed by atoms with Gasteiger partial charge < -0.3 is 15.0 Å². The van der Waals surface area contributed by atoms with Gasteiger partial charge >= 0.3 is 0 Å². The number of rotatable bonds is 5. The lowest BCUT2D eigenvalue weighted by Gasteiger charge is -2.30. The molecule has 1 amide bonds. The Hall–Kier alpha value is -3.07. The Bertz CT molecular complexity index is 1250. The number of benzene rings is 1. The monoisotopic (exact) mass is 433 g/mol. The van der Waals surface area contributed by atoms with Crippen molar-refractivity contribution in [3.05, 3.63) is 63.4 Å². The van der Waals surface area contributed by atoms with Gasteiger partial charge in [-0.3, -0.25) is 20.0 Å². The summed E-state index contributed by atoms with van der Waals surface area (Å²) in [6.45, 7) is 5.83. The first kappa shape index (κ1) is 20.8. The summed E-state index contributed by atoms with van der Waals surface area (Å²) >= 11 is 0. The minimum Gasteiger partial charge on any atom is -0.379 e. The lowest BCUT2D eigenvalue weighted by Crippen LogP contribution is -2.50. The molecule has 3 N–H and O–H groups in total. The maximum absolute atomic E-state index is 13.1. The summed E-state index contributed by atoms with van der Waals surface area (Å²) in [5, 5.41) is 2.23. The Morgan fingerprint density at radius 2 is 2.00 bits per heavy atom. The highest BCUT2D eigenvalue weighted by Gasteiger charge is 2.27. The Labute approximate surface area is 186 Å². The molecule has 2 aromatic heterocycles. The molecular weight excluding hydrogens is 406 g/mol. The maximum atomic E-state index is 13.1. The highest BCUT2D eigenvalue weighted by atomic mass is 16.5. The molecule has 1 atom stereocenters. The second-order valence-corrected chi connectivity index (χ2v) is 8.35. The van der Waals surface area contributed by atoms with Crippen LogP contribution in [0.3, 0.4) is 0 Å². The number of amides is 1. The fourth-order valence-electron chi connectivity index (χ4n) is 4.94. The molecule has 5 rings (SSSR count). The van der Waals surface area contributed by atoms with E-state index in [1.54, 1.807) is 12.3 Å². The highest BCUT2D eigenvalue weighted by Crippen LogP contribution is 2.31. The van der Waals surface area contributed by atoms with Crippen molar-refractivity contribution < 1.29 is 9.53 Å². The molecule has 3 heterocycles. The average Bonchev–Trinajstić information content (AvgIpc) is 3.20. The first-order valence-corrected chi connectivity index (χ1v) is 11.1. The third kappa shape index (κ3) is 3.60. The first-order chi connectivity index (χ1) is 15.6. The number of aromatic nitrogens is 2. The van der Waals surface area contributed by atoms with Gasteiger partial charge in [0.2, 0.25) is 5.43 Å². The zero-order valence-electron chi connectivity index (χ0n) is 18.1. The van der Waals surface area contributed by atoms with Crippen molar-refractivity contribution >= 4 is 16.9 Å². The smallest absolute Gasteiger partial charge is 0.254 e. The van der Waals surface area contributed by atoms with Gasteiger partial charge in [0.05, 0.1) is 24.4 Å². The number of carbonyl (C=O) groups excluding carboxylic acids is 1. The highest BCUT2D eigenvalue weighted by molar-refractivity contribution is 6.02. The predicted molar refractivity (Wildman–Crippen MR) is 122 cm³/mol. The Balaban J connectivity index is 1.56. The SMILES string of the molecule is CCn1c(-c2ccc3c(c2)CC(NN2CCOCC2)C3)c(C(N)=O)c(=O)c2ncccc21. The zero-order valence-corrected chi connectivity index (χ0v) is 18.1. The van der Waals surface area contributed by atoms with Crippen molar-refractivity contribution in [1.29, 1.82) is 0 Å². The second-order valence-electron chi connectivity index (χ2n) is 8.35. The van der Waals surface area contributed by atoms with Crippen molar-refractivity contribution in [2.75, 3.05) is 26.3 Å². The number of ether oxygens (including phenoxy) is 1. The summed E-state index contributed by atoms with van der Waals surface area (Å²) in [6.07, 6.45) is 3.39. The summed E-state index contributed by atoms with van der Waals surface area (Å²) in [4.78, 5) is 29.8. The van der Waals surface area contributed by atoms with Crippen molar-refractivity contribution in [3.8, 4) is 11.3 Å². The fraction of sp³-hybridized carbons (Fsp3) is 0.375. The number of nitrogens with one attached hydrogen (secondary N) is 1. The average molecular weight is 434 g/mol. The molecule has 0 spiro atoms. The van der Waals surface area contributed by atoms with Crippen LogP contribution in [0, 0.1) is 0 Å². The lowest BCUT2D eigenvalue weighted by molar-refractivity contribution is 0.00443. The number of primary amides is 1. The van der Waals surface area contributed by atoms with Gasteiger partial charge in [-0.05, 0) is 54.7 Å². The molecule has 8 heteroatoms. The summed E-state index contributed by atoms with van der Waals surface area (Å²) in [6, 6.07) is 10.2. The summed E-state index contributed by atoms with van der Waals surface area (Å²) in [5.41, 5.74) is 13.8. The van der Waals surface area contributed by atoms with Crippen LogP contribution >= 0.6 is 0 Å². The summed E-state index contributed by atoms with van der Waals surface area (Å²) in [7, 11) is 0. The third-order valence-electron chi connectivity index (χ3n) is 6.38. The molecule has 1 aromatic carbocycles. The number of hydrogen-bond donors (Lipinski definition) is 2. The van der Waals surface area contributed by atoms with Crippen LogP contribution in [0.5, 0.6) is 0 Å². The molecule has 0 radical (unpaired) electrons. The van der Waals surface area contributed by atoms with Gasteiger partial charge in [-0.1, -0.05) is 12.1 Å². The van der Waals surface area contributed by atoms with Gasteiger partial charge in [-0.2, -0.15) is 0 Å². The van der Waals surface area contributed by atoms with Crippen molar-refractivity contribution in [2.24, 2.45) is 5.73 Å². The molecule has 3 aromatic rings. The van der Waals surface area contributed by atoms with E-state index in [-0.39, 0.29) is 11.1 Å². The third-order valence-corrected chi connectivity index (χ3v) is 6.38. The van der Waals surface area contributed by atoms with Crippen LogP contribution in [0.2, 0.25) is 0 Å². The molecule has 1 aliphatic carbocycles. The van der Waals surface area contributed by atoms with E-state index in [4.69, 9.17) is 10.5 Å². The minimum atomic E-state index is -0.730. The van der Waals surface area contributed by atoms with E-state index in [2.05, 4.69) is 27.6 Å². The Kier molecular flexibility index (Phi) is 5.50. The van der Waals surface area contributed by atoms with Crippen LogP contribution in [0.4, 0.5) is 0 Å². The van der Waals surface area contributed by atoms with Crippen molar-refractivity contribution in [3.63, 3.8) is 0 Å². The number of pyridine rings is 2. The van der Waals surface area contributed by atoms with Crippen molar-refractivity contribution in [2.45, 2.75) is 32.4 Å². The Morgan fingerprint density at radius 1 is 1.22 bits per heavy atom. The summed E-state index contributed by atoms with van der Waals surface area (Å²) in [5.74, 6) is -0.730. The number of morpholine rings is 1. The zero-order chi connectivity index (χ0) is 22.2. The van der Waals surface area contributed by atoms with Crippen LogP contribution in [0.25, 0.3) is 22.3 Å². The number of fused-ring (bicyclic) bond motifs is 2. The molecule has 1 fully saturated rings.